The summed E-state index contributed by atoms with van der Waals surface area (Å²) in [6, 6.07) is 4.23. The number of hydrogen-bond acceptors (Lipinski definition) is 6. The van der Waals surface area contributed by atoms with Gasteiger partial charge in [0.1, 0.15) is 16.5 Å². The van der Waals surface area contributed by atoms with Crippen molar-refractivity contribution >= 4 is 38.8 Å². The maximum atomic E-state index is 14.0. The summed E-state index contributed by atoms with van der Waals surface area (Å²) in [7, 11) is 0. The smallest absolute Gasteiger partial charge is 0.276 e. The fourth-order valence-corrected chi connectivity index (χ4v) is 2.54. The molecule has 2 heterocycles. The predicted octanol–water partition coefficient (Wildman–Crippen LogP) is 2.37. The molecule has 3 rings (SSSR count). The van der Waals surface area contributed by atoms with Crippen LogP contribution >= 0.6 is 11.3 Å². The van der Waals surface area contributed by atoms with Crippen LogP contribution in [0.4, 0.5) is 15.2 Å². The van der Waals surface area contributed by atoms with Crippen LogP contribution in [-0.2, 0) is 0 Å². The number of halogens is 1. The lowest BCUT2D eigenvalue weighted by atomic mass is 10.1. The van der Waals surface area contributed by atoms with E-state index in [2.05, 4.69) is 20.5 Å². The van der Waals surface area contributed by atoms with Crippen LogP contribution in [0.3, 0.4) is 0 Å². The highest BCUT2D eigenvalue weighted by Crippen LogP contribution is 2.26. The Bertz CT molecular complexity index is 848. The molecule has 3 aromatic rings. The molecule has 0 saturated carbocycles. The minimum atomic E-state index is -0.554. The van der Waals surface area contributed by atoms with Gasteiger partial charge in [-0.15, -0.1) is 10.2 Å². The van der Waals surface area contributed by atoms with E-state index < -0.39 is 11.7 Å². The van der Waals surface area contributed by atoms with Crippen molar-refractivity contribution in [1.29, 1.82) is 0 Å². The van der Waals surface area contributed by atoms with Crippen molar-refractivity contribution in [1.82, 2.24) is 15.2 Å². The first-order valence-electron chi connectivity index (χ1n) is 6.00. The standard InChI is InChI=1S/C13H10FN5OS/c1-6-18-19-13(21-6)17-12(20)11-10-7(4-5-16-11)9(15)3-2-8(10)14/h2-5H,15H2,1H3,(H,17,19,20). The number of nitrogens with zero attached hydrogens (tertiary/aromatic N) is 3. The number of amides is 1. The quantitative estimate of drug-likeness (QED) is 0.709. The Morgan fingerprint density at radius 2 is 2.14 bits per heavy atom. The Morgan fingerprint density at radius 1 is 1.33 bits per heavy atom. The van der Waals surface area contributed by atoms with Gasteiger partial charge in [-0.2, -0.15) is 0 Å². The summed E-state index contributed by atoms with van der Waals surface area (Å²) in [5.74, 6) is -1.10. The Balaban J connectivity index is 2.08. The zero-order chi connectivity index (χ0) is 15.0. The van der Waals surface area contributed by atoms with Crippen LogP contribution in [0.5, 0.6) is 0 Å². The molecule has 0 radical (unpaired) electrons. The van der Waals surface area contributed by atoms with Gasteiger partial charge in [0.05, 0.1) is 5.39 Å². The first-order chi connectivity index (χ1) is 10.1. The van der Waals surface area contributed by atoms with Crippen molar-refractivity contribution < 1.29 is 9.18 Å². The first kappa shape index (κ1) is 13.4. The van der Waals surface area contributed by atoms with Crippen LogP contribution in [0.15, 0.2) is 24.4 Å². The van der Waals surface area contributed by atoms with Crippen LogP contribution in [0.1, 0.15) is 15.5 Å². The van der Waals surface area contributed by atoms with Crippen molar-refractivity contribution in [2.24, 2.45) is 0 Å². The lowest BCUT2D eigenvalue weighted by Gasteiger charge is -2.07. The zero-order valence-electron chi connectivity index (χ0n) is 10.9. The molecule has 1 aromatic carbocycles. The number of carbonyl (C=O) groups excluding carboxylic acids is 1. The predicted molar refractivity (Wildman–Crippen MR) is 78.7 cm³/mol. The number of nitrogen functional groups attached to an aromatic ring is 1. The summed E-state index contributed by atoms with van der Waals surface area (Å²) in [4.78, 5) is 16.2. The van der Waals surface area contributed by atoms with E-state index in [1.807, 2.05) is 0 Å². The number of anilines is 2. The monoisotopic (exact) mass is 303 g/mol. The van der Waals surface area contributed by atoms with Crippen molar-refractivity contribution in [3.05, 3.63) is 40.9 Å². The highest BCUT2D eigenvalue weighted by Gasteiger charge is 2.17. The maximum Gasteiger partial charge on any atom is 0.276 e. The van der Waals surface area contributed by atoms with Gasteiger partial charge in [0.2, 0.25) is 5.13 Å². The van der Waals surface area contributed by atoms with Gasteiger partial charge < -0.3 is 5.73 Å². The average molecular weight is 303 g/mol. The third kappa shape index (κ3) is 2.40. The molecule has 0 fully saturated rings. The van der Waals surface area contributed by atoms with Gasteiger partial charge in [0, 0.05) is 17.3 Å². The second-order valence-corrected chi connectivity index (χ2v) is 5.48. The van der Waals surface area contributed by atoms with Gasteiger partial charge in [-0.1, -0.05) is 11.3 Å². The number of carbonyl (C=O) groups is 1. The molecule has 0 unspecified atom stereocenters. The van der Waals surface area contributed by atoms with Crippen LogP contribution in [0, 0.1) is 12.7 Å². The molecule has 2 aromatic heterocycles. The van der Waals surface area contributed by atoms with Crippen LogP contribution in [-0.4, -0.2) is 21.1 Å². The highest BCUT2D eigenvalue weighted by molar-refractivity contribution is 7.15. The Labute approximate surface area is 122 Å². The van der Waals surface area contributed by atoms with E-state index in [9.17, 15) is 9.18 Å². The number of nitrogens with two attached hydrogens (primary N) is 1. The molecule has 0 atom stereocenters. The van der Waals surface area contributed by atoms with Crippen molar-refractivity contribution in [3.8, 4) is 0 Å². The third-order valence-corrected chi connectivity index (χ3v) is 3.63. The van der Waals surface area contributed by atoms with Gasteiger partial charge in [-0.05, 0) is 25.1 Å². The Kier molecular flexibility index (Phi) is 3.22. The van der Waals surface area contributed by atoms with Gasteiger partial charge in [0.25, 0.3) is 5.91 Å². The molecular formula is C13H10FN5OS. The van der Waals surface area contributed by atoms with Crippen LogP contribution in [0.2, 0.25) is 0 Å². The van der Waals surface area contributed by atoms with Gasteiger partial charge in [-0.25, -0.2) is 4.39 Å². The topological polar surface area (TPSA) is 93.8 Å². The van der Waals surface area contributed by atoms with E-state index >= 15 is 0 Å². The molecule has 0 aliphatic heterocycles. The van der Waals surface area contributed by atoms with Gasteiger partial charge in [0.15, 0.2) is 0 Å². The molecule has 0 aliphatic carbocycles. The molecule has 1 amide bonds. The fourth-order valence-electron chi connectivity index (χ4n) is 1.96. The van der Waals surface area contributed by atoms with Crippen molar-refractivity contribution in [2.75, 3.05) is 11.1 Å². The molecule has 106 valence electrons. The molecule has 0 aliphatic rings. The number of aryl methyl sites for hydroxylation is 1. The second-order valence-electron chi connectivity index (χ2n) is 4.30. The van der Waals surface area contributed by atoms with Crippen LogP contribution in [0.25, 0.3) is 10.8 Å². The number of hydrogen-bond donors (Lipinski definition) is 2. The normalized spacial score (nSPS) is 10.8. The molecule has 8 heteroatoms. The number of nitrogens with one attached hydrogen (secondary N) is 1. The molecule has 0 saturated heterocycles. The zero-order valence-corrected chi connectivity index (χ0v) is 11.7. The van der Waals surface area contributed by atoms with Crippen molar-refractivity contribution in [2.45, 2.75) is 6.92 Å². The molecule has 3 N–H and O–H groups in total. The number of benzene rings is 1. The van der Waals surface area contributed by atoms with Crippen molar-refractivity contribution in [3.63, 3.8) is 0 Å². The van der Waals surface area contributed by atoms with E-state index in [0.717, 1.165) is 0 Å². The van der Waals surface area contributed by atoms with E-state index in [1.54, 1.807) is 13.0 Å². The van der Waals surface area contributed by atoms with Gasteiger partial charge >= 0.3 is 0 Å². The molecule has 21 heavy (non-hydrogen) atoms. The fraction of sp³-hybridized carbons (Fsp3) is 0.0769. The van der Waals surface area contributed by atoms with E-state index in [0.29, 0.717) is 21.2 Å². The Morgan fingerprint density at radius 3 is 2.86 bits per heavy atom. The number of pyridine rings is 1. The lowest BCUT2D eigenvalue weighted by Crippen LogP contribution is -2.14. The summed E-state index contributed by atoms with van der Waals surface area (Å²) in [6.45, 7) is 1.77. The number of rotatable bonds is 2. The van der Waals surface area contributed by atoms with Gasteiger partial charge in [-0.3, -0.25) is 15.1 Å². The summed E-state index contributed by atoms with van der Waals surface area (Å²) >= 11 is 1.22. The second kappa shape index (κ2) is 5.06. The maximum absolute atomic E-state index is 14.0. The van der Waals surface area contributed by atoms with E-state index in [1.165, 1.54) is 29.7 Å². The molecule has 0 spiro atoms. The average Bonchev–Trinajstić information content (AvgIpc) is 2.87. The summed E-state index contributed by atoms with van der Waals surface area (Å²) in [5, 5.41) is 11.7. The van der Waals surface area contributed by atoms with Crippen LogP contribution < -0.4 is 11.1 Å². The Hall–Kier alpha value is -2.61. The largest absolute Gasteiger partial charge is 0.398 e. The highest BCUT2D eigenvalue weighted by atomic mass is 32.1. The SMILES string of the molecule is Cc1nnc(NC(=O)c2nccc3c(N)ccc(F)c23)s1. The molecule has 0 bridgehead atoms. The number of fused-ring (bicyclic) bond motifs is 1. The lowest BCUT2D eigenvalue weighted by molar-refractivity contribution is 0.102. The van der Waals surface area contributed by atoms with E-state index in [-0.39, 0.29) is 11.1 Å². The van der Waals surface area contributed by atoms with E-state index in [4.69, 9.17) is 5.73 Å². The minimum absolute atomic E-state index is 0.0369. The summed E-state index contributed by atoms with van der Waals surface area (Å²) < 4.78 is 14.0. The third-order valence-electron chi connectivity index (χ3n) is 2.87. The molecular weight excluding hydrogens is 293 g/mol. The summed E-state index contributed by atoms with van der Waals surface area (Å²) in [5.41, 5.74) is 6.15. The first-order valence-corrected chi connectivity index (χ1v) is 6.82. The minimum Gasteiger partial charge on any atom is -0.398 e. The number of aromatic nitrogens is 3. The molecule has 6 nitrogen and oxygen atoms in total. The summed E-state index contributed by atoms with van der Waals surface area (Å²) in [6.07, 6.45) is 1.42.